The molecule has 1 aliphatic heterocycles. The first kappa shape index (κ1) is 17.9. The summed E-state index contributed by atoms with van der Waals surface area (Å²) in [6.45, 7) is 0. The maximum atomic E-state index is 14.6. The maximum absolute atomic E-state index is 14.6. The molecule has 1 aromatic carbocycles. The molecule has 0 amide bonds. The van der Waals surface area contributed by atoms with E-state index in [9.17, 15) is 18.8 Å². The lowest BCUT2D eigenvalue weighted by Gasteiger charge is -2.39. The lowest BCUT2D eigenvalue weighted by Crippen LogP contribution is -2.39. The van der Waals surface area contributed by atoms with E-state index in [0.29, 0.717) is 36.1 Å². The maximum Gasteiger partial charge on any atom is 0.161 e. The Morgan fingerprint density at radius 2 is 1.93 bits per heavy atom. The Hall–Kier alpha value is -3.53. The van der Waals surface area contributed by atoms with Gasteiger partial charge in [0.05, 0.1) is 17.6 Å². The lowest BCUT2D eigenvalue weighted by molar-refractivity contribution is -0.116. The summed E-state index contributed by atoms with van der Waals surface area (Å²) in [5.74, 6) is -2.56. The predicted molar refractivity (Wildman–Crippen MR) is 98.5 cm³/mol. The highest BCUT2D eigenvalue weighted by Crippen LogP contribution is 2.46. The summed E-state index contributed by atoms with van der Waals surface area (Å²) in [6, 6.07) is 9.01. The van der Waals surface area contributed by atoms with Gasteiger partial charge in [-0.25, -0.2) is 8.78 Å². The van der Waals surface area contributed by atoms with E-state index < -0.39 is 17.6 Å². The standard InChI is InChI=1S/C21H16F2N4O/c22-14-5-1-6-15(23)20(14)27-16-7-2-8-17(28)19(16)18(13(10-24)21(27)25)12-4-3-9-26-11-12/h1,3-6,9,11,18H,2,7-8,25H2/t18-/m1/s1. The van der Waals surface area contributed by atoms with Gasteiger partial charge in [-0.1, -0.05) is 12.1 Å². The number of nitrogens with zero attached hydrogens (tertiary/aromatic N) is 3. The van der Waals surface area contributed by atoms with Crippen LogP contribution in [0.2, 0.25) is 0 Å². The molecule has 0 bridgehead atoms. The molecule has 0 spiro atoms. The van der Waals surface area contributed by atoms with E-state index in [4.69, 9.17) is 5.73 Å². The van der Waals surface area contributed by atoms with Gasteiger partial charge >= 0.3 is 0 Å². The van der Waals surface area contributed by atoms with Gasteiger partial charge in [0.2, 0.25) is 0 Å². The molecule has 0 unspecified atom stereocenters. The summed E-state index contributed by atoms with van der Waals surface area (Å²) in [4.78, 5) is 18.1. The fourth-order valence-corrected chi connectivity index (χ4v) is 3.92. The van der Waals surface area contributed by atoms with Crippen LogP contribution in [0.1, 0.15) is 30.7 Å². The summed E-state index contributed by atoms with van der Waals surface area (Å²) in [6.07, 6.45) is 4.43. The van der Waals surface area contributed by atoms with Crippen molar-refractivity contribution < 1.29 is 13.6 Å². The minimum atomic E-state index is -0.815. The van der Waals surface area contributed by atoms with E-state index in [1.807, 2.05) is 6.07 Å². The first-order valence-electron chi connectivity index (χ1n) is 8.84. The predicted octanol–water partition coefficient (Wildman–Crippen LogP) is 3.66. The number of ketones is 1. The SMILES string of the molecule is N#CC1=C(N)N(c2c(F)cccc2F)C2=C(C(=O)CCC2)[C@@H]1c1cccnc1. The Morgan fingerprint density at radius 3 is 2.57 bits per heavy atom. The number of carbonyl (C=O) groups excluding carboxylic acids is 1. The number of rotatable bonds is 2. The minimum absolute atomic E-state index is 0.0738. The van der Waals surface area contributed by atoms with E-state index in [2.05, 4.69) is 4.98 Å². The normalized spacial score (nSPS) is 19.5. The molecule has 1 atom stereocenters. The van der Waals surface area contributed by atoms with Crippen LogP contribution in [0, 0.1) is 23.0 Å². The lowest BCUT2D eigenvalue weighted by atomic mass is 9.76. The van der Waals surface area contributed by atoms with Gasteiger partial charge in [0.15, 0.2) is 5.78 Å². The number of pyridine rings is 1. The zero-order valence-electron chi connectivity index (χ0n) is 14.8. The molecule has 7 heteroatoms. The van der Waals surface area contributed by atoms with E-state index in [1.165, 1.54) is 11.0 Å². The smallest absolute Gasteiger partial charge is 0.161 e. The van der Waals surface area contributed by atoms with Crippen LogP contribution in [0.15, 0.2) is 65.4 Å². The number of allylic oxidation sites excluding steroid dienone is 3. The zero-order chi connectivity index (χ0) is 19.8. The minimum Gasteiger partial charge on any atom is -0.384 e. The van der Waals surface area contributed by atoms with Crippen LogP contribution in [0.3, 0.4) is 0 Å². The highest BCUT2D eigenvalue weighted by molar-refractivity contribution is 6.01. The summed E-state index contributed by atoms with van der Waals surface area (Å²) >= 11 is 0. The van der Waals surface area contributed by atoms with Crippen LogP contribution in [0.25, 0.3) is 0 Å². The number of halogens is 2. The Morgan fingerprint density at radius 1 is 1.18 bits per heavy atom. The fourth-order valence-electron chi connectivity index (χ4n) is 3.92. The first-order valence-corrected chi connectivity index (χ1v) is 8.84. The molecule has 0 saturated heterocycles. The van der Waals surface area contributed by atoms with E-state index in [1.54, 1.807) is 24.5 Å². The van der Waals surface area contributed by atoms with Crippen molar-refractivity contribution in [1.82, 2.24) is 4.98 Å². The number of Topliss-reactive ketones (excluding diaryl/α,β-unsaturated/α-hetero) is 1. The van der Waals surface area contributed by atoms with Crippen LogP contribution >= 0.6 is 0 Å². The number of carbonyl (C=O) groups is 1. The average Bonchev–Trinajstić information content (AvgIpc) is 2.69. The summed E-state index contributed by atoms with van der Waals surface area (Å²) in [5, 5.41) is 9.82. The Bertz CT molecular complexity index is 1050. The Labute approximate surface area is 160 Å². The van der Waals surface area contributed by atoms with Crippen LogP contribution < -0.4 is 10.6 Å². The molecular formula is C21H16F2N4O. The molecule has 4 rings (SSSR count). The quantitative estimate of drug-likeness (QED) is 0.862. The molecule has 140 valence electrons. The third-order valence-electron chi connectivity index (χ3n) is 5.09. The summed E-state index contributed by atoms with van der Waals surface area (Å²) in [7, 11) is 0. The van der Waals surface area contributed by atoms with Gasteiger partial charge in [-0.05, 0) is 36.6 Å². The third-order valence-corrected chi connectivity index (χ3v) is 5.09. The van der Waals surface area contributed by atoms with Gasteiger partial charge in [0.1, 0.15) is 23.1 Å². The van der Waals surface area contributed by atoms with Gasteiger partial charge in [-0.3, -0.25) is 14.7 Å². The molecule has 0 fully saturated rings. The molecule has 2 aromatic rings. The number of benzene rings is 1. The second-order valence-corrected chi connectivity index (χ2v) is 6.67. The van der Waals surface area contributed by atoms with Gasteiger partial charge in [-0.2, -0.15) is 5.26 Å². The summed E-state index contributed by atoms with van der Waals surface area (Å²) < 4.78 is 29.1. The Kier molecular flexibility index (Phi) is 4.40. The molecule has 2 N–H and O–H groups in total. The van der Waals surface area contributed by atoms with Crippen molar-refractivity contribution in [3.05, 3.63) is 82.6 Å². The van der Waals surface area contributed by atoms with Gasteiger partial charge in [0.25, 0.3) is 0 Å². The van der Waals surface area contributed by atoms with Gasteiger partial charge in [-0.15, -0.1) is 0 Å². The summed E-state index contributed by atoms with van der Waals surface area (Å²) in [5.41, 5.74) is 7.39. The average molecular weight is 378 g/mol. The van der Waals surface area contributed by atoms with Crippen molar-refractivity contribution in [3.63, 3.8) is 0 Å². The van der Waals surface area contributed by atoms with Crippen molar-refractivity contribution in [2.75, 3.05) is 4.90 Å². The molecule has 5 nitrogen and oxygen atoms in total. The highest BCUT2D eigenvalue weighted by Gasteiger charge is 2.41. The highest BCUT2D eigenvalue weighted by atomic mass is 19.1. The molecule has 2 heterocycles. The molecule has 28 heavy (non-hydrogen) atoms. The molecule has 2 aliphatic rings. The van der Waals surface area contributed by atoms with Crippen molar-refractivity contribution in [2.24, 2.45) is 5.73 Å². The molecule has 0 radical (unpaired) electrons. The Balaban J connectivity index is 2.02. The monoisotopic (exact) mass is 378 g/mol. The third kappa shape index (κ3) is 2.65. The number of anilines is 1. The number of nitrogens with two attached hydrogens (primary N) is 1. The number of aromatic nitrogens is 1. The molecule has 1 aliphatic carbocycles. The van der Waals surface area contributed by atoms with Crippen molar-refractivity contribution in [2.45, 2.75) is 25.2 Å². The largest absolute Gasteiger partial charge is 0.384 e. The molecule has 1 aromatic heterocycles. The van der Waals surface area contributed by atoms with Crippen molar-refractivity contribution >= 4 is 11.5 Å². The second-order valence-electron chi connectivity index (χ2n) is 6.67. The van der Waals surface area contributed by atoms with Gasteiger partial charge in [0, 0.05) is 30.1 Å². The first-order chi connectivity index (χ1) is 13.5. The van der Waals surface area contributed by atoms with Crippen molar-refractivity contribution in [1.29, 1.82) is 5.26 Å². The fraction of sp³-hybridized carbons (Fsp3) is 0.190. The molecule has 0 saturated carbocycles. The molecular weight excluding hydrogens is 362 g/mol. The van der Waals surface area contributed by atoms with Crippen LogP contribution in [-0.4, -0.2) is 10.8 Å². The van der Waals surface area contributed by atoms with Gasteiger partial charge < -0.3 is 5.73 Å². The number of hydrogen-bond donors (Lipinski definition) is 1. The van der Waals surface area contributed by atoms with E-state index >= 15 is 0 Å². The topological polar surface area (TPSA) is 83.0 Å². The van der Waals surface area contributed by atoms with Crippen LogP contribution in [0.4, 0.5) is 14.5 Å². The number of hydrogen-bond acceptors (Lipinski definition) is 5. The number of para-hydroxylation sites is 1. The van der Waals surface area contributed by atoms with E-state index in [-0.39, 0.29) is 22.9 Å². The van der Waals surface area contributed by atoms with Crippen molar-refractivity contribution in [3.8, 4) is 6.07 Å². The van der Waals surface area contributed by atoms with Crippen LogP contribution in [-0.2, 0) is 4.79 Å². The second kappa shape index (κ2) is 6.89. The van der Waals surface area contributed by atoms with Crippen LogP contribution in [0.5, 0.6) is 0 Å². The zero-order valence-corrected chi connectivity index (χ0v) is 14.8. The number of nitriles is 1. The van der Waals surface area contributed by atoms with E-state index in [0.717, 1.165) is 12.1 Å².